The molecule has 6 heteroatoms. The van der Waals surface area contributed by atoms with Crippen molar-refractivity contribution in [3.05, 3.63) is 65.7 Å². The summed E-state index contributed by atoms with van der Waals surface area (Å²) in [5, 5.41) is 6.88. The lowest BCUT2D eigenvalue weighted by molar-refractivity contribution is -0.117. The van der Waals surface area contributed by atoms with Gasteiger partial charge in [-0.05, 0) is 25.5 Å². The van der Waals surface area contributed by atoms with E-state index < -0.39 is 0 Å². The summed E-state index contributed by atoms with van der Waals surface area (Å²) in [6.45, 7) is 8.06. The Morgan fingerprint density at radius 3 is 2.48 bits per heavy atom. The van der Waals surface area contributed by atoms with Gasteiger partial charge >= 0.3 is 0 Å². The lowest BCUT2D eigenvalue weighted by Gasteiger charge is -2.36. The average Bonchev–Trinajstić information content (AvgIpc) is 3.18. The number of rotatable bonds is 5. The zero-order valence-electron chi connectivity index (χ0n) is 16.9. The smallest absolute Gasteiger partial charge is 0.240 e. The molecule has 150 valence electrons. The fourth-order valence-electron chi connectivity index (χ4n) is 3.64. The van der Waals surface area contributed by atoms with Crippen LogP contribution >= 0.6 is 0 Å². The summed E-state index contributed by atoms with van der Waals surface area (Å²) in [6.07, 6.45) is 0. The van der Waals surface area contributed by atoms with Crippen LogP contribution in [-0.4, -0.2) is 48.7 Å². The third kappa shape index (κ3) is 4.66. The summed E-state index contributed by atoms with van der Waals surface area (Å²) in [5.74, 6) is 0.296. The lowest BCUT2D eigenvalue weighted by atomic mass is 10.1. The standard InChI is InChI=1S/C23H26N4O2/c1-17-7-9-19(10-8-17)20-15-23(29-25-20)24-22(28)16-26-11-13-27(14-12-26)21-6-4-3-5-18(21)2/h3-10,15H,11-14,16H2,1-2H3,(H,24,28). The van der Waals surface area contributed by atoms with Gasteiger partial charge in [-0.1, -0.05) is 53.2 Å². The zero-order valence-corrected chi connectivity index (χ0v) is 16.9. The molecule has 1 fully saturated rings. The average molecular weight is 390 g/mol. The van der Waals surface area contributed by atoms with Gasteiger partial charge in [0.25, 0.3) is 0 Å². The first-order valence-corrected chi connectivity index (χ1v) is 9.95. The van der Waals surface area contributed by atoms with Crippen molar-refractivity contribution in [3.63, 3.8) is 0 Å². The Hall–Kier alpha value is -3.12. The van der Waals surface area contributed by atoms with Crippen LogP contribution in [0.5, 0.6) is 0 Å². The Balaban J connectivity index is 1.29. The van der Waals surface area contributed by atoms with E-state index in [-0.39, 0.29) is 5.91 Å². The maximum absolute atomic E-state index is 12.4. The Kier molecular flexibility index (Phi) is 5.62. The number of hydrogen-bond donors (Lipinski definition) is 1. The van der Waals surface area contributed by atoms with Crippen molar-refractivity contribution in [1.29, 1.82) is 0 Å². The molecular formula is C23H26N4O2. The molecule has 0 aliphatic carbocycles. The van der Waals surface area contributed by atoms with Crippen LogP contribution in [-0.2, 0) is 4.79 Å². The van der Waals surface area contributed by atoms with Crippen molar-refractivity contribution in [1.82, 2.24) is 10.1 Å². The molecule has 0 spiro atoms. The van der Waals surface area contributed by atoms with Crippen LogP contribution in [0.25, 0.3) is 11.3 Å². The van der Waals surface area contributed by atoms with Crippen LogP contribution in [0.3, 0.4) is 0 Å². The normalized spacial score (nSPS) is 14.8. The van der Waals surface area contributed by atoms with E-state index in [4.69, 9.17) is 4.52 Å². The number of para-hydroxylation sites is 1. The van der Waals surface area contributed by atoms with Gasteiger partial charge in [-0.15, -0.1) is 0 Å². The van der Waals surface area contributed by atoms with Gasteiger partial charge in [0.1, 0.15) is 5.69 Å². The van der Waals surface area contributed by atoms with Crippen molar-refractivity contribution >= 4 is 17.5 Å². The maximum atomic E-state index is 12.4. The number of piperazine rings is 1. The quantitative estimate of drug-likeness (QED) is 0.719. The van der Waals surface area contributed by atoms with Crippen molar-refractivity contribution in [2.24, 2.45) is 0 Å². The molecule has 3 aromatic rings. The van der Waals surface area contributed by atoms with Crippen LogP contribution in [0.15, 0.2) is 59.1 Å². The molecule has 1 aliphatic heterocycles. The van der Waals surface area contributed by atoms with Crippen LogP contribution in [0.1, 0.15) is 11.1 Å². The van der Waals surface area contributed by atoms with Gasteiger partial charge in [-0.25, -0.2) is 0 Å². The number of nitrogens with zero attached hydrogens (tertiary/aromatic N) is 3. The molecule has 6 nitrogen and oxygen atoms in total. The molecule has 1 aromatic heterocycles. The fourth-order valence-corrected chi connectivity index (χ4v) is 3.64. The number of carbonyl (C=O) groups is 1. The summed E-state index contributed by atoms with van der Waals surface area (Å²) in [6, 6.07) is 18.2. The molecule has 1 N–H and O–H groups in total. The number of amides is 1. The number of carbonyl (C=O) groups excluding carboxylic acids is 1. The Morgan fingerprint density at radius 2 is 1.76 bits per heavy atom. The third-order valence-electron chi connectivity index (χ3n) is 5.32. The molecule has 0 bridgehead atoms. The van der Waals surface area contributed by atoms with Gasteiger partial charge in [0, 0.05) is 43.5 Å². The lowest BCUT2D eigenvalue weighted by Crippen LogP contribution is -2.48. The van der Waals surface area contributed by atoms with Gasteiger partial charge in [0.05, 0.1) is 6.54 Å². The molecule has 0 saturated carbocycles. The van der Waals surface area contributed by atoms with Crippen LogP contribution in [0, 0.1) is 13.8 Å². The van der Waals surface area contributed by atoms with E-state index in [2.05, 4.69) is 51.5 Å². The molecule has 0 radical (unpaired) electrons. The first kappa shape index (κ1) is 19.2. The van der Waals surface area contributed by atoms with E-state index in [9.17, 15) is 4.79 Å². The van der Waals surface area contributed by atoms with Gasteiger partial charge in [-0.3, -0.25) is 15.0 Å². The molecule has 1 amide bonds. The summed E-state index contributed by atoms with van der Waals surface area (Å²) < 4.78 is 5.29. The Bertz CT molecular complexity index is 973. The second-order valence-electron chi connectivity index (χ2n) is 7.54. The highest BCUT2D eigenvalue weighted by molar-refractivity contribution is 5.91. The molecule has 2 aromatic carbocycles. The number of hydrogen-bond acceptors (Lipinski definition) is 5. The van der Waals surface area contributed by atoms with E-state index in [1.807, 2.05) is 31.2 Å². The first-order chi connectivity index (χ1) is 14.1. The molecule has 4 rings (SSSR count). The molecule has 1 aliphatic rings. The van der Waals surface area contributed by atoms with Crippen molar-refractivity contribution in [2.75, 3.05) is 42.9 Å². The minimum atomic E-state index is -0.0825. The van der Waals surface area contributed by atoms with Crippen LogP contribution in [0.2, 0.25) is 0 Å². The molecule has 2 heterocycles. The highest BCUT2D eigenvalue weighted by Gasteiger charge is 2.20. The van der Waals surface area contributed by atoms with Crippen molar-refractivity contribution < 1.29 is 9.32 Å². The van der Waals surface area contributed by atoms with E-state index in [0.717, 1.165) is 31.7 Å². The second-order valence-corrected chi connectivity index (χ2v) is 7.54. The summed E-state index contributed by atoms with van der Waals surface area (Å²) in [7, 11) is 0. The number of aromatic nitrogens is 1. The predicted octanol–water partition coefficient (Wildman–Crippen LogP) is 3.72. The largest absolute Gasteiger partial charge is 0.369 e. The molecule has 29 heavy (non-hydrogen) atoms. The first-order valence-electron chi connectivity index (χ1n) is 9.95. The Morgan fingerprint density at radius 1 is 1.03 bits per heavy atom. The number of aryl methyl sites for hydroxylation is 2. The minimum Gasteiger partial charge on any atom is -0.369 e. The van der Waals surface area contributed by atoms with Crippen LogP contribution < -0.4 is 10.2 Å². The second kappa shape index (κ2) is 8.49. The van der Waals surface area contributed by atoms with E-state index >= 15 is 0 Å². The minimum absolute atomic E-state index is 0.0825. The van der Waals surface area contributed by atoms with Crippen molar-refractivity contribution in [2.45, 2.75) is 13.8 Å². The van der Waals surface area contributed by atoms with Gasteiger partial charge in [-0.2, -0.15) is 0 Å². The maximum Gasteiger partial charge on any atom is 0.240 e. The molecule has 0 atom stereocenters. The van der Waals surface area contributed by atoms with Gasteiger partial charge < -0.3 is 9.42 Å². The SMILES string of the molecule is Cc1ccc(-c2cc(NC(=O)CN3CCN(c4ccccc4C)CC3)on2)cc1. The van der Waals surface area contributed by atoms with Crippen molar-refractivity contribution in [3.8, 4) is 11.3 Å². The van der Waals surface area contributed by atoms with Gasteiger partial charge in [0.15, 0.2) is 0 Å². The summed E-state index contributed by atoms with van der Waals surface area (Å²) >= 11 is 0. The number of nitrogens with one attached hydrogen (secondary N) is 1. The summed E-state index contributed by atoms with van der Waals surface area (Å²) in [5.41, 5.74) is 5.43. The van der Waals surface area contributed by atoms with Gasteiger partial charge in [0.2, 0.25) is 11.8 Å². The monoisotopic (exact) mass is 390 g/mol. The molecule has 1 saturated heterocycles. The highest BCUT2D eigenvalue weighted by atomic mass is 16.5. The number of benzene rings is 2. The van der Waals surface area contributed by atoms with Crippen LogP contribution in [0.4, 0.5) is 11.6 Å². The third-order valence-corrected chi connectivity index (χ3v) is 5.32. The van der Waals surface area contributed by atoms with E-state index in [1.165, 1.54) is 16.8 Å². The van der Waals surface area contributed by atoms with E-state index in [1.54, 1.807) is 6.07 Å². The highest BCUT2D eigenvalue weighted by Crippen LogP contribution is 2.23. The fraction of sp³-hybridized carbons (Fsp3) is 0.304. The Labute approximate surface area is 171 Å². The molecule has 0 unspecified atom stereocenters. The van der Waals surface area contributed by atoms with E-state index in [0.29, 0.717) is 18.1 Å². The predicted molar refractivity (Wildman–Crippen MR) is 115 cm³/mol. The zero-order chi connectivity index (χ0) is 20.2. The molecular weight excluding hydrogens is 364 g/mol. The number of anilines is 2. The summed E-state index contributed by atoms with van der Waals surface area (Å²) in [4.78, 5) is 17.0. The topological polar surface area (TPSA) is 61.6 Å².